The first-order chi connectivity index (χ1) is 8.44. The SMILES string of the molecule is CCCCN(CC(F)(F)F)C(=O)C1COCCO1. The van der Waals surface area contributed by atoms with Gasteiger partial charge in [0, 0.05) is 6.54 Å². The number of amides is 1. The van der Waals surface area contributed by atoms with Gasteiger partial charge in [-0.15, -0.1) is 0 Å². The summed E-state index contributed by atoms with van der Waals surface area (Å²) in [6.45, 7) is 1.36. The normalized spacial score (nSPS) is 20.8. The molecule has 0 aromatic rings. The van der Waals surface area contributed by atoms with Gasteiger partial charge < -0.3 is 14.4 Å². The molecule has 0 radical (unpaired) electrons. The molecule has 0 saturated carbocycles. The first-order valence-corrected chi connectivity index (χ1v) is 5.99. The van der Waals surface area contributed by atoms with Gasteiger partial charge in [0.15, 0.2) is 6.10 Å². The zero-order chi connectivity index (χ0) is 13.6. The number of hydrogen-bond acceptors (Lipinski definition) is 3. The van der Waals surface area contributed by atoms with Crippen LogP contribution in [-0.4, -0.2) is 56.0 Å². The molecule has 1 unspecified atom stereocenters. The summed E-state index contributed by atoms with van der Waals surface area (Å²) in [6, 6.07) is 0. The Bertz CT molecular complexity index is 265. The van der Waals surface area contributed by atoms with Crippen molar-refractivity contribution in [2.45, 2.75) is 32.0 Å². The van der Waals surface area contributed by atoms with E-state index in [9.17, 15) is 18.0 Å². The molecule has 0 aliphatic carbocycles. The number of alkyl halides is 3. The Morgan fingerprint density at radius 3 is 2.61 bits per heavy atom. The minimum Gasteiger partial charge on any atom is -0.376 e. The van der Waals surface area contributed by atoms with Crippen molar-refractivity contribution in [1.82, 2.24) is 4.90 Å². The van der Waals surface area contributed by atoms with Gasteiger partial charge in [0.25, 0.3) is 5.91 Å². The molecule has 1 heterocycles. The Hall–Kier alpha value is -0.820. The summed E-state index contributed by atoms with van der Waals surface area (Å²) in [5.41, 5.74) is 0. The van der Waals surface area contributed by atoms with Crippen molar-refractivity contribution in [3.05, 3.63) is 0 Å². The van der Waals surface area contributed by atoms with E-state index in [0.29, 0.717) is 13.0 Å². The van der Waals surface area contributed by atoms with Crippen LogP contribution in [0, 0.1) is 0 Å². The number of carbonyl (C=O) groups is 1. The third-order valence-electron chi connectivity index (χ3n) is 2.55. The van der Waals surface area contributed by atoms with Crippen LogP contribution in [0.2, 0.25) is 0 Å². The standard InChI is InChI=1S/C11H18F3NO3/c1-2-3-4-15(8-11(12,13)14)10(16)9-7-17-5-6-18-9/h9H,2-8H2,1H3. The van der Waals surface area contributed by atoms with Crippen molar-refractivity contribution >= 4 is 5.91 Å². The molecular formula is C11H18F3NO3. The van der Waals surface area contributed by atoms with Gasteiger partial charge in [0.2, 0.25) is 0 Å². The molecule has 0 spiro atoms. The summed E-state index contributed by atoms with van der Waals surface area (Å²) < 4.78 is 47.3. The molecular weight excluding hydrogens is 251 g/mol. The average Bonchev–Trinajstić information content (AvgIpc) is 2.33. The minimum absolute atomic E-state index is 0.0271. The lowest BCUT2D eigenvalue weighted by molar-refractivity contribution is -0.176. The van der Waals surface area contributed by atoms with Gasteiger partial charge in [-0.2, -0.15) is 13.2 Å². The van der Waals surface area contributed by atoms with Crippen LogP contribution in [0.4, 0.5) is 13.2 Å². The first kappa shape index (κ1) is 15.2. The minimum atomic E-state index is -4.39. The second kappa shape index (κ2) is 6.94. The molecule has 4 nitrogen and oxygen atoms in total. The monoisotopic (exact) mass is 269 g/mol. The highest BCUT2D eigenvalue weighted by molar-refractivity contribution is 5.81. The number of nitrogens with zero attached hydrogens (tertiary/aromatic N) is 1. The highest BCUT2D eigenvalue weighted by Gasteiger charge is 2.36. The molecule has 0 aromatic carbocycles. The van der Waals surface area contributed by atoms with Gasteiger partial charge in [-0.05, 0) is 6.42 Å². The second-order valence-electron chi connectivity index (χ2n) is 4.16. The van der Waals surface area contributed by atoms with E-state index in [0.717, 1.165) is 11.3 Å². The number of halogens is 3. The topological polar surface area (TPSA) is 38.8 Å². The summed E-state index contributed by atoms with van der Waals surface area (Å²) in [6.07, 6.45) is -4.03. The Morgan fingerprint density at radius 1 is 1.39 bits per heavy atom. The number of unbranched alkanes of at least 4 members (excludes halogenated alkanes) is 1. The van der Waals surface area contributed by atoms with Crippen LogP contribution in [0.1, 0.15) is 19.8 Å². The quantitative estimate of drug-likeness (QED) is 0.761. The van der Waals surface area contributed by atoms with Crippen molar-refractivity contribution < 1.29 is 27.4 Å². The molecule has 0 N–H and O–H groups in total. The molecule has 1 rings (SSSR count). The predicted molar refractivity (Wildman–Crippen MR) is 58.1 cm³/mol. The lowest BCUT2D eigenvalue weighted by Crippen LogP contribution is -2.48. The third kappa shape index (κ3) is 5.22. The zero-order valence-corrected chi connectivity index (χ0v) is 10.3. The maximum atomic E-state index is 12.4. The summed E-state index contributed by atoms with van der Waals surface area (Å²) in [5, 5.41) is 0. The molecule has 1 fully saturated rings. The Labute approximate surface area is 104 Å². The molecule has 1 atom stereocenters. The van der Waals surface area contributed by atoms with Crippen molar-refractivity contribution in [3.63, 3.8) is 0 Å². The summed E-state index contributed by atoms with van der Waals surface area (Å²) in [4.78, 5) is 12.7. The Balaban J connectivity index is 2.59. The second-order valence-corrected chi connectivity index (χ2v) is 4.16. The number of ether oxygens (including phenoxy) is 2. The maximum Gasteiger partial charge on any atom is 0.406 e. The van der Waals surface area contributed by atoms with E-state index in [1.165, 1.54) is 0 Å². The molecule has 1 amide bonds. The van der Waals surface area contributed by atoms with Crippen molar-refractivity contribution in [2.24, 2.45) is 0 Å². The first-order valence-electron chi connectivity index (χ1n) is 5.99. The van der Waals surface area contributed by atoms with Crippen LogP contribution < -0.4 is 0 Å². The molecule has 1 aliphatic heterocycles. The van der Waals surface area contributed by atoms with Crippen molar-refractivity contribution in [2.75, 3.05) is 32.9 Å². The van der Waals surface area contributed by atoms with Crippen LogP contribution >= 0.6 is 0 Å². The van der Waals surface area contributed by atoms with E-state index in [1.807, 2.05) is 6.92 Å². The third-order valence-corrected chi connectivity index (χ3v) is 2.55. The lowest BCUT2D eigenvalue weighted by Gasteiger charge is -2.29. The molecule has 106 valence electrons. The number of rotatable bonds is 5. The molecule has 7 heteroatoms. The Morgan fingerprint density at radius 2 is 2.11 bits per heavy atom. The van der Waals surface area contributed by atoms with E-state index in [4.69, 9.17) is 9.47 Å². The van der Waals surface area contributed by atoms with E-state index in [2.05, 4.69) is 0 Å². The van der Waals surface area contributed by atoms with Gasteiger partial charge in [0.1, 0.15) is 6.54 Å². The zero-order valence-electron chi connectivity index (χ0n) is 10.3. The van der Waals surface area contributed by atoms with Crippen LogP contribution in [-0.2, 0) is 14.3 Å². The highest BCUT2D eigenvalue weighted by atomic mass is 19.4. The fraction of sp³-hybridized carbons (Fsp3) is 0.909. The lowest BCUT2D eigenvalue weighted by atomic mass is 10.2. The van der Waals surface area contributed by atoms with E-state index >= 15 is 0 Å². The fourth-order valence-corrected chi connectivity index (χ4v) is 1.67. The van der Waals surface area contributed by atoms with Gasteiger partial charge in [-0.1, -0.05) is 13.3 Å². The highest BCUT2D eigenvalue weighted by Crippen LogP contribution is 2.18. The van der Waals surface area contributed by atoms with Gasteiger partial charge in [0.05, 0.1) is 19.8 Å². The van der Waals surface area contributed by atoms with E-state index in [-0.39, 0.29) is 19.8 Å². The number of hydrogen-bond donors (Lipinski definition) is 0. The molecule has 18 heavy (non-hydrogen) atoms. The predicted octanol–water partition coefficient (Wildman–Crippen LogP) is 1.59. The fourth-order valence-electron chi connectivity index (χ4n) is 1.67. The Kier molecular flexibility index (Phi) is 5.87. The number of carbonyl (C=O) groups excluding carboxylic acids is 1. The molecule has 1 saturated heterocycles. The van der Waals surface area contributed by atoms with Crippen molar-refractivity contribution in [1.29, 1.82) is 0 Å². The summed E-state index contributed by atoms with van der Waals surface area (Å²) in [7, 11) is 0. The van der Waals surface area contributed by atoms with Crippen LogP contribution in [0.25, 0.3) is 0 Å². The van der Waals surface area contributed by atoms with E-state index in [1.54, 1.807) is 0 Å². The van der Waals surface area contributed by atoms with Crippen LogP contribution in [0.5, 0.6) is 0 Å². The van der Waals surface area contributed by atoms with Gasteiger partial charge in [-0.3, -0.25) is 4.79 Å². The molecule has 0 bridgehead atoms. The molecule has 0 aromatic heterocycles. The molecule has 1 aliphatic rings. The van der Waals surface area contributed by atoms with Crippen LogP contribution in [0.15, 0.2) is 0 Å². The summed E-state index contributed by atoms with van der Waals surface area (Å²) in [5.74, 6) is -0.638. The van der Waals surface area contributed by atoms with Gasteiger partial charge in [-0.25, -0.2) is 0 Å². The van der Waals surface area contributed by atoms with E-state index < -0.39 is 24.7 Å². The summed E-state index contributed by atoms with van der Waals surface area (Å²) >= 11 is 0. The maximum absolute atomic E-state index is 12.4. The van der Waals surface area contributed by atoms with Crippen molar-refractivity contribution in [3.8, 4) is 0 Å². The average molecular weight is 269 g/mol. The van der Waals surface area contributed by atoms with Crippen LogP contribution in [0.3, 0.4) is 0 Å². The van der Waals surface area contributed by atoms with Gasteiger partial charge >= 0.3 is 6.18 Å². The largest absolute Gasteiger partial charge is 0.406 e. The smallest absolute Gasteiger partial charge is 0.376 e.